The Kier molecular flexibility index (Phi) is 7.01. The number of benzene rings is 2. The highest BCUT2D eigenvalue weighted by Crippen LogP contribution is 2.33. The van der Waals surface area contributed by atoms with Crippen LogP contribution in [0.25, 0.3) is 0 Å². The largest absolute Gasteiger partial charge is 0.431 e. The van der Waals surface area contributed by atoms with Crippen molar-refractivity contribution in [2.75, 3.05) is 5.32 Å². The van der Waals surface area contributed by atoms with Crippen molar-refractivity contribution in [3.05, 3.63) is 81.7 Å². The summed E-state index contributed by atoms with van der Waals surface area (Å²) in [7, 11) is 0. The lowest BCUT2D eigenvalue weighted by Crippen LogP contribution is -2.10. The summed E-state index contributed by atoms with van der Waals surface area (Å²) in [4.78, 5) is 16.4. The first kappa shape index (κ1) is 20.3. The molecule has 0 radical (unpaired) electrons. The van der Waals surface area contributed by atoms with Crippen LogP contribution in [0.5, 0.6) is 0 Å². The van der Waals surface area contributed by atoms with Crippen molar-refractivity contribution in [3.8, 4) is 0 Å². The zero-order valence-electron chi connectivity index (χ0n) is 14.7. The molecule has 0 atom stereocenters. The van der Waals surface area contributed by atoms with Gasteiger partial charge in [0.05, 0.1) is 33.0 Å². The van der Waals surface area contributed by atoms with Crippen molar-refractivity contribution < 1.29 is 9.53 Å². The van der Waals surface area contributed by atoms with E-state index in [1.54, 1.807) is 30.4 Å². The van der Waals surface area contributed by atoms with E-state index in [1.165, 1.54) is 0 Å². The van der Waals surface area contributed by atoms with Gasteiger partial charge in [-0.25, -0.2) is 0 Å². The van der Waals surface area contributed by atoms with Gasteiger partial charge in [0, 0.05) is 12.1 Å². The van der Waals surface area contributed by atoms with Crippen LogP contribution in [0.15, 0.2) is 71.1 Å². The van der Waals surface area contributed by atoms with E-state index >= 15 is 0 Å². The second-order valence-electron chi connectivity index (χ2n) is 6.02. The van der Waals surface area contributed by atoms with Crippen molar-refractivity contribution in [1.82, 2.24) is 0 Å². The molecular formula is C21H16Cl2N2O2S. The van der Waals surface area contributed by atoms with E-state index in [9.17, 15) is 4.79 Å². The number of anilines is 2. The third-order valence-electron chi connectivity index (χ3n) is 4.10. The molecule has 0 spiro atoms. The monoisotopic (exact) mass is 430 g/mol. The summed E-state index contributed by atoms with van der Waals surface area (Å²) in [6.45, 7) is 0. The van der Waals surface area contributed by atoms with Gasteiger partial charge in [-0.15, -0.1) is 0 Å². The molecule has 1 N–H and O–H groups in total. The van der Waals surface area contributed by atoms with E-state index in [-0.39, 0.29) is 12.4 Å². The van der Waals surface area contributed by atoms with Crippen LogP contribution in [-0.4, -0.2) is 11.1 Å². The number of isothiocyanates is 1. The van der Waals surface area contributed by atoms with E-state index in [2.05, 4.69) is 27.7 Å². The first-order chi connectivity index (χ1) is 13.6. The van der Waals surface area contributed by atoms with Gasteiger partial charge in [-0.05, 0) is 54.6 Å². The minimum Gasteiger partial charge on any atom is -0.431 e. The molecule has 0 saturated carbocycles. The minimum absolute atomic E-state index is 0.108. The predicted octanol–water partition coefficient (Wildman–Crippen LogP) is 6.49. The van der Waals surface area contributed by atoms with Crippen LogP contribution in [0.3, 0.4) is 0 Å². The number of esters is 1. The van der Waals surface area contributed by atoms with Crippen molar-refractivity contribution in [2.45, 2.75) is 19.3 Å². The lowest BCUT2D eigenvalue weighted by atomic mass is 10.1. The van der Waals surface area contributed by atoms with E-state index in [0.29, 0.717) is 34.3 Å². The summed E-state index contributed by atoms with van der Waals surface area (Å²) >= 11 is 17.1. The topological polar surface area (TPSA) is 50.7 Å². The average Bonchev–Trinajstić information content (AvgIpc) is 2.68. The third-order valence-corrected chi connectivity index (χ3v) is 4.82. The van der Waals surface area contributed by atoms with Gasteiger partial charge >= 0.3 is 5.97 Å². The zero-order valence-corrected chi connectivity index (χ0v) is 17.1. The van der Waals surface area contributed by atoms with Crippen molar-refractivity contribution in [1.29, 1.82) is 0 Å². The fraction of sp³-hybridized carbons (Fsp3) is 0.143. The lowest BCUT2D eigenvalue weighted by molar-refractivity contribution is -0.138. The second-order valence-corrected chi connectivity index (χ2v) is 7.02. The maximum atomic E-state index is 12.4. The zero-order chi connectivity index (χ0) is 19.9. The summed E-state index contributed by atoms with van der Waals surface area (Å²) < 4.78 is 5.48. The fourth-order valence-corrected chi connectivity index (χ4v) is 3.34. The summed E-state index contributed by atoms with van der Waals surface area (Å²) in [6, 6.07) is 12.7. The van der Waals surface area contributed by atoms with Gasteiger partial charge in [0.1, 0.15) is 5.76 Å². The molecule has 1 aliphatic carbocycles. The number of thiocarbonyl (C=S) groups is 1. The van der Waals surface area contributed by atoms with Crippen LogP contribution in [0.1, 0.15) is 18.4 Å². The number of ether oxygens (including phenoxy) is 1. The molecule has 3 rings (SSSR count). The van der Waals surface area contributed by atoms with Crippen molar-refractivity contribution >= 4 is 57.9 Å². The Labute approximate surface area is 178 Å². The number of aliphatic imine (C=N–C) groups is 1. The SMILES string of the molecule is O=C(Cc1ccccc1Nc1c(Cl)cccc1Cl)OC1=CC=C(N=C=S)CC1. The molecule has 1 aliphatic rings. The molecule has 0 unspecified atom stereocenters. The number of nitrogens with one attached hydrogen (secondary N) is 1. The number of rotatable bonds is 6. The average molecular weight is 431 g/mol. The number of carbonyl (C=O) groups is 1. The number of halogens is 2. The van der Waals surface area contributed by atoms with E-state index < -0.39 is 0 Å². The summed E-state index contributed by atoms with van der Waals surface area (Å²) in [5.74, 6) is 0.258. The normalized spacial score (nSPS) is 13.1. The molecule has 0 fully saturated rings. The standard InChI is InChI=1S/C21H16Cl2N2O2S/c22-17-5-3-6-18(23)21(17)25-19-7-2-1-4-14(19)12-20(26)27-16-10-8-15(9-11-16)24-13-28/h1-8,10,25H,9,11-12H2. The number of hydrogen-bond acceptors (Lipinski definition) is 5. The summed E-state index contributed by atoms with van der Waals surface area (Å²) in [5.41, 5.74) is 2.94. The smallest absolute Gasteiger partial charge is 0.315 e. The number of carbonyl (C=O) groups excluding carboxylic acids is 1. The molecule has 0 bridgehead atoms. The Morgan fingerprint density at radius 1 is 1.11 bits per heavy atom. The molecule has 28 heavy (non-hydrogen) atoms. The highest BCUT2D eigenvalue weighted by Gasteiger charge is 2.15. The second kappa shape index (κ2) is 9.67. The Hall–Kier alpha value is -2.43. The van der Waals surface area contributed by atoms with Gasteiger partial charge in [-0.2, -0.15) is 4.99 Å². The Morgan fingerprint density at radius 3 is 2.54 bits per heavy atom. The molecule has 7 heteroatoms. The van der Waals surface area contributed by atoms with Crippen LogP contribution in [-0.2, 0) is 16.0 Å². The molecule has 0 amide bonds. The van der Waals surface area contributed by atoms with E-state index in [4.69, 9.17) is 27.9 Å². The Bertz CT molecular complexity index is 991. The van der Waals surface area contributed by atoms with Crippen LogP contribution in [0, 0.1) is 0 Å². The van der Waals surface area contributed by atoms with Crippen LogP contribution in [0.2, 0.25) is 10.0 Å². The first-order valence-corrected chi connectivity index (χ1v) is 9.70. The molecule has 142 valence electrons. The van der Waals surface area contributed by atoms with E-state index in [1.807, 2.05) is 24.3 Å². The third kappa shape index (κ3) is 5.31. The lowest BCUT2D eigenvalue weighted by Gasteiger charge is -2.15. The van der Waals surface area contributed by atoms with Gasteiger partial charge < -0.3 is 10.1 Å². The number of allylic oxidation sites excluding steroid dienone is 4. The number of hydrogen-bond donors (Lipinski definition) is 1. The molecule has 0 aliphatic heterocycles. The van der Waals surface area contributed by atoms with Gasteiger partial charge in [0.25, 0.3) is 0 Å². The Morgan fingerprint density at radius 2 is 1.86 bits per heavy atom. The quantitative estimate of drug-likeness (QED) is 0.323. The van der Waals surface area contributed by atoms with Gasteiger partial charge in [0.2, 0.25) is 0 Å². The minimum atomic E-state index is -0.346. The molecule has 0 aromatic heterocycles. The van der Waals surface area contributed by atoms with Gasteiger partial charge in [0.15, 0.2) is 0 Å². The van der Waals surface area contributed by atoms with Crippen molar-refractivity contribution in [3.63, 3.8) is 0 Å². The Balaban J connectivity index is 1.71. The number of nitrogens with zero attached hydrogens (tertiary/aromatic N) is 1. The first-order valence-electron chi connectivity index (χ1n) is 8.54. The maximum Gasteiger partial charge on any atom is 0.315 e. The van der Waals surface area contributed by atoms with Crippen LogP contribution in [0.4, 0.5) is 11.4 Å². The molecule has 0 heterocycles. The summed E-state index contributed by atoms with van der Waals surface area (Å²) in [5, 5.41) is 6.55. The maximum absolute atomic E-state index is 12.4. The molecular weight excluding hydrogens is 415 g/mol. The molecule has 2 aromatic carbocycles. The number of para-hydroxylation sites is 2. The van der Waals surface area contributed by atoms with Crippen molar-refractivity contribution in [2.24, 2.45) is 4.99 Å². The van der Waals surface area contributed by atoms with Crippen LogP contribution >= 0.6 is 35.4 Å². The highest BCUT2D eigenvalue weighted by atomic mass is 35.5. The highest BCUT2D eigenvalue weighted by molar-refractivity contribution is 7.78. The van der Waals surface area contributed by atoms with E-state index in [0.717, 1.165) is 16.9 Å². The molecule has 2 aromatic rings. The van der Waals surface area contributed by atoms with Gasteiger partial charge in [-0.3, -0.25) is 4.79 Å². The van der Waals surface area contributed by atoms with Gasteiger partial charge in [-0.1, -0.05) is 47.5 Å². The predicted molar refractivity (Wildman–Crippen MR) is 116 cm³/mol. The van der Waals surface area contributed by atoms with Crippen LogP contribution < -0.4 is 5.32 Å². The fourth-order valence-electron chi connectivity index (χ4n) is 2.73. The summed E-state index contributed by atoms with van der Waals surface area (Å²) in [6.07, 6.45) is 4.87. The molecule has 0 saturated heterocycles. The molecule has 4 nitrogen and oxygen atoms in total.